The number of H-pyrrole nitrogens is 1. The fourth-order valence-corrected chi connectivity index (χ4v) is 4.62. The van der Waals surface area contributed by atoms with E-state index in [-0.39, 0.29) is 12.0 Å². The highest BCUT2D eigenvalue weighted by molar-refractivity contribution is 6.34. The third kappa shape index (κ3) is 4.21. The maximum absolute atomic E-state index is 11.1. The number of rotatable bonds is 5. The quantitative estimate of drug-likeness (QED) is 0.363. The Kier molecular flexibility index (Phi) is 5.58. The van der Waals surface area contributed by atoms with Crippen LogP contribution < -0.4 is 4.74 Å². The van der Waals surface area contributed by atoms with Gasteiger partial charge in [0.05, 0.1) is 22.0 Å². The van der Waals surface area contributed by atoms with Crippen molar-refractivity contribution in [3.63, 3.8) is 0 Å². The molecule has 4 aromatic rings. The van der Waals surface area contributed by atoms with E-state index in [9.17, 15) is 4.79 Å². The molecule has 0 unspecified atom stereocenters. The zero-order valence-corrected chi connectivity index (χ0v) is 18.2. The van der Waals surface area contributed by atoms with Crippen LogP contribution in [-0.4, -0.2) is 27.1 Å². The van der Waals surface area contributed by atoms with E-state index in [0.717, 1.165) is 27.7 Å². The number of nitrogens with one attached hydrogen (secondary N) is 1. The number of aromatic nitrogens is 2. The largest absolute Gasteiger partial charge is 0.481 e. The number of carboxylic acids is 1. The van der Waals surface area contributed by atoms with Gasteiger partial charge < -0.3 is 14.8 Å². The first kappa shape index (κ1) is 20.6. The molecule has 3 aromatic carbocycles. The maximum Gasteiger partial charge on any atom is 0.306 e. The molecule has 2 N–H and O–H groups in total. The highest BCUT2D eigenvalue weighted by atomic mass is 35.5. The van der Waals surface area contributed by atoms with Crippen LogP contribution in [0.15, 0.2) is 66.7 Å². The van der Waals surface area contributed by atoms with Gasteiger partial charge in [-0.1, -0.05) is 66.2 Å². The number of carboxylic acid groups (broad SMARTS) is 1. The molecule has 32 heavy (non-hydrogen) atoms. The smallest absolute Gasteiger partial charge is 0.306 e. The first-order valence-electron chi connectivity index (χ1n) is 10.8. The Balaban J connectivity index is 1.35. The summed E-state index contributed by atoms with van der Waals surface area (Å²) in [6.45, 7) is 0. The van der Waals surface area contributed by atoms with Gasteiger partial charge in [-0.2, -0.15) is 4.98 Å². The van der Waals surface area contributed by atoms with E-state index in [1.807, 2.05) is 30.3 Å². The third-order valence-electron chi connectivity index (χ3n) is 6.15. The van der Waals surface area contributed by atoms with Gasteiger partial charge in [0.15, 0.2) is 0 Å². The van der Waals surface area contributed by atoms with Gasteiger partial charge in [-0.25, -0.2) is 0 Å². The van der Waals surface area contributed by atoms with Crippen LogP contribution in [0.5, 0.6) is 6.01 Å². The van der Waals surface area contributed by atoms with Crippen LogP contribution in [0, 0.1) is 5.92 Å². The maximum atomic E-state index is 11.1. The summed E-state index contributed by atoms with van der Waals surface area (Å²) in [5.74, 6) is -0.980. The fourth-order valence-electron chi connectivity index (χ4n) is 4.34. The van der Waals surface area contributed by atoms with Gasteiger partial charge in [0, 0.05) is 5.56 Å². The van der Waals surface area contributed by atoms with E-state index < -0.39 is 5.97 Å². The molecule has 1 aliphatic rings. The van der Waals surface area contributed by atoms with Gasteiger partial charge in [0.2, 0.25) is 0 Å². The second-order valence-corrected chi connectivity index (χ2v) is 8.67. The number of halogens is 1. The van der Waals surface area contributed by atoms with Crippen molar-refractivity contribution in [1.29, 1.82) is 0 Å². The minimum Gasteiger partial charge on any atom is -0.481 e. The van der Waals surface area contributed by atoms with Crippen molar-refractivity contribution in [2.75, 3.05) is 0 Å². The molecule has 6 heteroatoms. The Morgan fingerprint density at radius 3 is 2.28 bits per heavy atom. The summed E-state index contributed by atoms with van der Waals surface area (Å²) in [5.41, 5.74) is 5.86. The van der Waals surface area contributed by atoms with Crippen LogP contribution in [0.3, 0.4) is 0 Å². The number of carbonyl (C=O) groups is 1. The zero-order chi connectivity index (χ0) is 22.1. The number of benzene rings is 3. The number of hydrogen-bond acceptors (Lipinski definition) is 3. The molecule has 0 aliphatic heterocycles. The topological polar surface area (TPSA) is 75.2 Å². The van der Waals surface area contributed by atoms with E-state index >= 15 is 0 Å². The standard InChI is InChI=1S/C26H23ClN2O3/c27-22-15-24-23(28-26(29-24)32-20-12-10-19(11-13-20)25(30)31)14-21(22)18-8-6-17(7-9-18)16-4-2-1-3-5-16/h1-9,14-15,19-20H,10-13H2,(H,28,29)(H,30,31). The molecule has 5 rings (SSSR count). The minimum atomic E-state index is -0.717. The Morgan fingerprint density at radius 2 is 1.59 bits per heavy atom. The van der Waals surface area contributed by atoms with E-state index in [0.29, 0.717) is 36.7 Å². The van der Waals surface area contributed by atoms with Crippen molar-refractivity contribution in [3.05, 3.63) is 71.8 Å². The predicted octanol–water partition coefficient (Wildman–Crippen LogP) is 6.57. The van der Waals surface area contributed by atoms with Crippen LogP contribution in [0.25, 0.3) is 33.3 Å². The van der Waals surface area contributed by atoms with Gasteiger partial charge in [-0.15, -0.1) is 0 Å². The van der Waals surface area contributed by atoms with Crippen molar-refractivity contribution >= 4 is 28.6 Å². The summed E-state index contributed by atoms with van der Waals surface area (Å²) in [7, 11) is 0. The van der Waals surface area contributed by atoms with Crippen molar-refractivity contribution in [2.45, 2.75) is 31.8 Å². The number of aliphatic carboxylic acids is 1. The van der Waals surface area contributed by atoms with Gasteiger partial charge in [0.1, 0.15) is 6.10 Å². The summed E-state index contributed by atoms with van der Waals surface area (Å²) >= 11 is 6.60. The van der Waals surface area contributed by atoms with Crippen molar-refractivity contribution in [2.24, 2.45) is 5.92 Å². The number of hydrogen-bond donors (Lipinski definition) is 2. The summed E-state index contributed by atoms with van der Waals surface area (Å²) in [4.78, 5) is 18.9. The van der Waals surface area contributed by atoms with Crippen LogP contribution in [0.1, 0.15) is 25.7 Å². The predicted molar refractivity (Wildman–Crippen MR) is 126 cm³/mol. The molecule has 0 saturated heterocycles. The molecule has 0 radical (unpaired) electrons. The minimum absolute atomic E-state index is 0.0216. The first-order valence-corrected chi connectivity index (χ1v) is 11.2. The fraction of sp³-hybridized carbons (Fsp3) is 0.231. The van der Waals surface area contributed by atoms with E-state index in [1.165, 1.54) is 5.56 Å². The van der Waals surface area contributed by atoms with Crippen LogP contribution >= 0.6 is 11.6 Å². The lowest BCUT2D eigenvalue weighted by Crippen LogP contribution is -2.28. The summed E-state index contributed by atoms with van der Waals surface area (Å²) in [5, 5.41) is 9.80. The number of nitrogens with zero attached hydrogens (tertiary/aromatic N) is 1. The van der Waals surface area contributed by atoms with Gasteiger partial charge >= 0.3 is 5.97 Å². The van der Waals surface area contributed by atoms with Crippen LogP contribution in [0.4, 0.5) is 0 Å². The average molecular weight is 447 g/mol. The van der Waals surface area contributed by atoms with Crippen molar-refractivity contribution in [1.82, 2.24) is 9.97 Å². The molecule has 162 valence electrons. The molecular weight excluding hydrogens is 424 g/mol. The highest BCUT2D eigenvalue weighted by Crippen LogP contribution is 2.34. The molecule has 0 bridgehead atoms. The van der Waals surface area contributed by atoms with Gasteiger partial charge in [-0.3, -0.25) is 4.79 Å². The molecule has 1 aromatic heterocycles. The van der Waals surface area contributed by atoms with Crippen molar-refractivity contribution < 1.29 is 14.6 Å². The number of aromatic amines is 1. The highest BCUT2D eigenvalue weighted by Gasteiger charge is 2.27. The molecule has 1 heterocycles. The molecule has 5 nitrogen and oxygen atoms in total. The molecule has 1 aliphatic carbocycles. The lowest BCUT2D eigenvalue weighted by atomic mass is 9.87. The number of ether oxygens (including phenoxy) is 1. The molecule has 0 atom stereocenters. The van der Waals surface area contributed by atoms with Gasteiger partial charge in [-0.05, 0) is 54.5 Å². The zero-order valence-electron chi connectivity index (χ0n) is 17.4. The third-order valence-corrected chi connectivity index (χ3v) is 6.47. The van der Waals surface area contributed by atoms with Crippen LogP contribution in [0.2, 0.25) is 5.02 Å². The molecule has 0 amide bonds. The van der Waals surface area contributed by atoms with Crippen LogP contribution in [-0.2, 0) is 4.79 Å². The Labute approximate surface area is 191 Å². The van der Waals surface area contributed by atoms with Gasteiger partial charge in [0.25, 0.3) is 6.01 Å². The Hall–Kier alpha value is -3.31. The SMILES string of the molecule is O=C(O)C1CCC(Oc2nc3cc(-c4ccc(-c5ccccc5)cc4)c(Cl)cc3[nH]2)CC1. The first-order chi connectivity index (χ1) is 15.6. The summed E-state index contributed by atoms with van der Waals surface area (Å²) in [6.07, 6.45) is 2.68. The lowest BCUT2D eigenvalue weighted by Gasteiger charge is -2.25. The van der Waals surface area contributed by atoms with Crippen molar-refractivity contribution in [3.8, 4) is 28.3 Å². The second kappa shape index (κ2) is 8.67. The molecular formula is C26H23ClN2O3. The second-order valence-electron chi connectivity index (χ2n) is 8.26. The summed E-state index contributed by atoms with van der Waals surface area (Å²) < 4.78 is 6.02. The van der Waals surface area contributed by atoms with E-state index in [2.05, 4.69) is 46.4 Å². The average Bonchev–Trinajstić information content (AvgIpc) is 3.20. The number of imidazole rings is 1. The normalized spacial score (nSPS) is 18.5. The number of fused-ring (bicyclic) bond motifs is 1. The van der Waals surface area contributed by atoms with E-state index in [1.54, 1.807) is 0 Å². The Morgan fingerprint density at radius 1 is 0.938 bits per heavy atom. The molecule has 1 fully saturated rings. The lowest BCUT2D eigenvalue weighted by molar-refractivity contribution is -0.143. The monoisotopic (exact) mass is 446 g/mol. The summed E-state index contributed by atoms with van der Waals surface area (Å²) in [6, 6.07) is 22.9. The molecule has 1 saturated carbocycles. The van der Waals surface area contributed by atoms with E-state index in [4.69, 9.17) is 21.4 Å². The molecule has 0 spiro atoms. The Bertz CT molecular complexity index is 1240.